The summed E-state index contributed by atoms with van der Waals surface area (Å²) < 4.78 is 0. The maximum atomic E-state index is 4.72. The van der Waals surface area contributed by atoms with Gasteiger partial charge in [0.15, 0.2) is 0 Å². The van der Waals surface area contributed by atoms with Gasteiger partial charge in [0.1, 0.15) is 0 Å². The quantitative estimate of drug-likeness (QED) is 0.823. The first-order valence-electron chi connectivity index (χ1n) is 7.52. The fourth-order valence-corrected chi connectivity index (χ4v) is 3.43. The monoisotopic (exact) mass is 298 g/mol. The second-order valence-corrected chi connectivity index (χ2v) is 6.21. The molecule has 0 unspecified atom stereocenters. The molecule has 0 bridgehead atoms. The third-order valence-electron chi connectivity index (χ3n) is 4.12. The fraction of sp³-hybridized carbons (Fsp3) is 0.333. The maximum absolute atomic E-state index is 4.72. The largest absolute Gasteiger partial charge is 0.368 e. The van der Waals surface area contributed by atoms with E-state index in [0.717, 1.165) is 31.1 Å². The van der Waals surface area contributed by atoms with Gasteiger partial charge in [0, 0.05) is 36.6 Å². The Kier molecular flexibility index (Phi) is 4.22. The van der Waals surface area contributed by atoms with Crippen molar-refractivity contribution in [1.29, 1.82) is 0 Å². The van der Waals surface area contributed by atoms with Crippen LogP contribution in [0.4, 0.5) is 5.69 Å². The van der Waals surface area contributed by atoms with Crippen LogP contribution in [0.15, 0.2) is 41.3 Å². The van der Waals surface area contributed by atoms with Crippen molar-refractivity contribution in [1.82, 2.24) is 5.32 Å². The topological polar surface area (TPSA) is 15.3 Å². The zero-order chi connectivity index (χ0) is 14.8. The van der Waals surface area contributed by atoms with Gasteiger partial charge in [-0.1, -0.05) is 35.9 Å². The van der Waals surface area contributed by atoms with E-state index < -0.39 is 0 Å². The predicted octanol–water partition coefficient (Wildman–Crippen LogP) is 3.67. The van der Waals surface area contributed by atoms with E-state index in [9.17, 15) is 0 Å². The molecule has 0 radical (unpaired) electrons. The summed E-state index contributed by atoms with van der Waals surface area (Å²) in [5, 5.41) is 3.42. The summed E-state index contributed by atoms with van der Waals surface area (Å²) in [6, 6.07) is 13.1. The molecule has 1 aliphatic heterocycles. The number of rotatable bonds is 2. The number of nitrogens with one attached hydrogen (secondary N) is 1. The molecule has 0 atom stereocenters. The van der Waals surface area contributed by atoms with Gasteiger partial charge < -0.3 is 10.2 Å². The molecule has 1 saturated heterocycles. The Balaban J connectivity index is 2.11. The van der Waals surface area contributed by atoms with Crippen molar-refractivity contribution in [3.8, 4) is 11.1 Å². The Morgan fingerprint density at radius 1 is 1.00 bits per heavy atom. The molecule has 110 valence electrons. The van der Waals surface area contributed by atoms with Crippen LogP contribution in [0.25, 0.3) is 11.1 Å². The van der Waals surface area contributed by atoms with Crippen LogP contribution in [0.2, 0.25) is 0 Å². The standard InChI is InChI=1S/C18H22N2S/c1-13-6-7-15(14(2)12-13)16-4-3-5-17(21)18(16)20-10-8-19-9-11-20/h3-7,12,19,21H,8-11H2,1-2H3. The van der Waals surface area contributed by atoms with Crippen LogP contribution in [0, 0.1) is 13.8 Å². The summed E-state index contributed by atoms with van der Waals surface area (Å²) >= 11 is 4.72. The highest BCUT2D eigenvalue weighted by Gasteiger charge is 2.18. The van der Waals surface area contributed by atoms with Crippen LogP contribution in [0.1, 0.15) is 11.1 Å². The summed E-state index contributed by atoms with van der Waals surface area (Å²) in [4.78, 5) is 3.52. The molecule has 2 aromatic carbocycles. The minimum absolute atomic E-state index is 1.04. The molecule has 3 heteroatoms. The summed E-state index contributed by atoms with van der Waals surface area (Å²) in [6.45, 7) is 8.48. The van der Waals surface area contributed by atoms with Gasteiger partial charge in [-0.25, -0.2) is 0 Å². The molecule has 3 rings (SSSR count). The first-order chi connectivity index (χ1) is 10.2. The summed E-state index contributed by atoms with van der Waals surface area (Å²) in [7, 11) is 0. The van der Waals surface area contributed by atoms with Crippen molar-refractivity contribution >= 4 is 18.3 Å². The Hall–Kier alpha value is -1.45. The number of hydrogen-bond donors (Lipinski definition) is 2. The lowest BCUT2D eigenvalue weighted by molar-refractivity contribution is 0.587. The van der Waals surface area contributed by atoms with Gasteiger partial charge in [0.25, 0.3) is 0 Å². The summed E-state index contributed by atoms with van der Waals surface area (Å²) in [5.74, 6) is 0. The molecule has 2 nitrogen and oxygen atoms in total. The number of para-hydroxylation sites is 1. The molecule has 1 fully saturated rings. The van der Waals surface area contributed by atoms with E-state index in [0.29, 0.717) is 0 Å². The molecule has 0 spiro atoms. The van der Waals surface area contributed by atoms with Crippen LogP contribution < -0.4 is 10.2 Å². The van der Waals surface area contributed by atoms with Crippen molar-refractivity contribution < 1.29 is 0 Å². The minimum Gasteiger partial charge on any atom is -0.368 e. The second kappa shape index (κ2) is 6.12. The normalized spacial score (nSPS) is 15.3. The van der Waals surface area contributed by atoms with E-state index in [4.69, 9.17) is 12.6 Å². The minimum atomic E-state index is 1.04. The van der Waals surface area contributed by atoms with Gasteiger partial charge in [-0.3, -0.25) is 0 Å². The van der Waals surface area contributed by atoms with E-state index in [-0.39, 0.29) is 0 Å². The third kappa shape index (κ3) is 2.94. The molecule has 2 aromatic rings. The number of hydrogen-bond acceptors (Lipinski definition) is 3. The van der Waals surface area contributed by atoms with E-state index in [2.05, 4.69) is 60.5 Å². The summed E-state index contributed by atoms with van der Waals surface area (Å²) in [5.41, 5.74) is 6.51. The van der Waals surface area contributed by atoms with Gasteiger partial charge >= 0.3 is 0 Å². The fourth-order valence-electron chi connectivity index (χ4n) is 3.09. The molecule has 1 aliphatic rings. The molecule has 0 aromatic heterocycles. The molecule has 0 aliphatic carbocycles. The van der Waals surface area contributed by atoms with Crippen LogP contribution >= 0.6 is 12.6 Å². The van der Waals surface area contributed by atoms with E-state index in [1.165, 1.54) is 27.9 Å². The zero-order valence-electron chi connectivity index (χ0n) is 12.7. The number of aryl methyl sites for hydroxylation is 2. The van der Waals surface area contributed by atoms with Gasteiger partial charge in [-0.15, -0.1) is 12.6 Å². The lowest BCUT2D eigenvalue weighted by Crippen LogP contribution is -2.43. The van der Waals surface area contributed by atoms with E-state index >= 15 is 0 Å². The predicted molar refractivity (Wildman–Crippen MR) is 93.7 cm³/mol. The van der Waals surface area contributed by atoms with Gasteiger partial charge in [-0.2, -0.15) is 0 Å². The molecule has 0 saturated carbocycles. The molecular weight excluding hydrogens is 276 g/mol. The first-order valence-corrected chi connectivity index (χ1v) is 7.97. The van der Waals surface area contributed by atoms with E-state index in [1.54, 1.807) is 0 Å². The van der Waals surface area contributed by atoms with Crippen LogP contribution in [0.5, 0.6) is 0 Å². The van der Waals surface area contributed by atoms with Gasteiger partial charge in [0.2, 0.25) is 0 Å². The molecule has 0 amide bonds. The SMILES string of the molecule is Cc1ccc(-c2cccc(S)c2N2CCNCC2)c(C)c1. The van der Waals surface area contributed by atoms with Gasteiger partial charge in [-0.05, 0) is 31.0 Å². The number of benzene rings is 2. The molecular formula is C18H22N2S. The van der Waals surface area contributed by atoms with E-state index in [1.807, 2.05) is 0 Å². The number of anilines is 1. The Bertz CT molecular complexity index is 646. The number of nitrogens with zero attached hydrogens (tertiary/aromatic N) is 1. The smallest absolute Gasteiger partial charge is 0.0582 e. The highest BCUT2D eigenvalue weighted by atomic mass is 32.1. The average Bonchev–Trinajstić information content (AvgIpc) is 2.48. The second-order valence-electron chi connectivity index (χ2n) is 5.73. The first kappa shape index (κ1) is 14.5. The zero-order valence-corrected chi connectivity index (χ0v) is 13.6. The maximum Gasteiger partial charge on any atom is 0.0582 e. The number of piperazine rings is 1. The van der Waals surface area contributed by atoms with Crippen LogP contribution in [-0.2, 0) is 0 Å². The molecule has 21 heavy (non-hydrogen) atoms. The Morgan fingerprint density at radius 3 is 2.48 bits per heavy atom. The summed E-state index contributed by atoms with van der Waals surface area (Å²) in [6.07, 6.45) is 0. The lowest BCUT2D eigenvalue weighted by atomic mass is 9.96. The van der Waals surface area contributed by atoms with Crippen molar-refractivity contribution in [2.24, 2.45) is 0 Å². The highest BCUT2D eigenvalue weighted by Crippen LogP contribution is 2.37. The lowest BCUT2D eigenvalue weighted by Gasteiger charge is -2.32. The van der Waals surface area contributed by atoms with Crippen molar-refractivity contribution in [2.45, 2.75) is 18.7 Å². The van der Waals surface area contributed by atoms with Crippen LogP contribution in [-0.4, -0.2) is 26.2 Å². The van der Waals surface area contributed by atoms with Gasteiger partial charge in [0.05, 0.1) is 5.69 Å². The number of thiol groups is 1. The highest BCUT2D eigenvalue weighted by molar-refractivity contribution is 7.80. The Labute approximate surface area is 132 Å². The van der Waals surface area contributed by atoms with Crippen LogP contribution in [0.3, 0.4) is 0 Å². The van der Waals surface area contributed by atoms with Crippen molar-refractivity contribution in [2.75, 3.05) is 31.1 Å². The molecule has 1 heterocycles. The van der Waals surface area contributed by atoms with Crippen molar-refractivity contribution in [3.63, 3.8) is 0 Å². The van der Waals surface area contributed by atoms with Crippen molar-refractivity contribution in [3.05, 3.63) is 47.5 Å². The molecule has 1 N–H and O–H groups in total. The Morgan fingerprint density at radius 2 is 1.76 bits per heavy atom. The average molecular weight is 298 g/mol. The third-order valence-corrected chi connectivity index (χ3v) is 4.48.